The van der Waals surface area contributed by atoms with Crippen molar-refractivity contribution in [2.24, 2.45) is 5.92 Å². The summed E-state index contributed by atoms with van der Waals surface area (Å²) in [7, 11) is 1.50. The number of alkyl halides is 3. The van der Waals surface area contributed by atoms with E-state index in [4.69, 9.17) is 0 Å². The topological polar surface area (TPSA) is 15.3 Å². The van der Waals surface area contributed by atoms with Crippen LogP contribution in [-0.2, 0) is 0 Å². The van der Waals surface area contributed by atoms with Crippen LogP contribution in [0.15, 0.2) is 0 Å². The Morgan fingerprint density at radius 3 is 2.19 bits per heavy atom. The fraction of sp³-hybridized carbons (Fsp3) is 1.00. The third kappa shape index (κ3) is 8.97. The third-order valence-corrected chi connectivity index (χ3v) is 2.52. The standard InChI is InChI=1S/C11H23F3N2/c1-9(2)5-6-15-7-10(3)16(4)8-11(12,13)14/h9-10,15H,5-8H2,1-4H3. The summed E-state index contributed by atoms with van der Waals surface area (Å²) in [5.74, 6) is 0.621. The summed E-state index contributed by atoms with van der Waals surface area (Å²) >= 11 is 0. The molecule has 0 amide bonds. The van der Waals surface area contributed by atoms with E-state index in [1.807, 2.05) is 0 Å². The monoisotopic (exact) mass is 240 g/mol. The molecule has 0 saturated heterocycles. The lowest BCUT2D eigenvalue weighted by Gasteiger charge is -2.26. The second-order valence-electron chi connectivity index (χ2n) is 4.77. The minimum Gasteiger partial charge on any atom is -0.315 e. The zero-order chi connectivity index (χ0) is 12.8. The first kappa shape index (κ1) is 15.7. The van der Waals surface area contributed by atoms with Crippen molar-refractivity contribution in [3.63, 3.8) is 0 Å². The van der Waals surface area contributed by atoms with Crippen LogP contribution < -0.4 is 5.32 Å². The van der Waals surface area contributed by atoms with Gasteiger partial charge in [-0.25, -0.2) is 0 Å². The van der Waals surface area contributed by atoms with Crippen LogP contribution in [0.2, 0.25) is 0 Å². The Morgan fingerprint density at radius 2 is 1.75 bits per heavy atom. The minimum absolute atomic E-state index is 0.103. The lowest BCUT2D eigenvalue weighted by Crippen LogP contribution is -2.42. The van der Waals surface area contributed by atoms with Gasteiger partial charge in [0.1, 0.15) is 0 Å². The summed E-state index contributed by atoms with van der Waals surface area (Å²) in [4.78, 5) is 1.32. The maximum Gasteiger partial charge on any atom is 0.401 e. The lowest BCUT2D eigenvalue weighted by atomic mass is 10.1. The second-order valence-corrected chi connectivity index (χ2v) is 4.77. The normalized spacial score (nSPS) is 14.8. The number of nitrogens with zero attached hydrogens (tertiary/aromatic N) is 1. The average molecular weight is 240 g/mol. The average Bonchev–Trinajstić information content (AvgIpc) is 2.08. The molecule has 0 saturated carbocycles. The zero-order valence-electron chi connectivity index (χ0n) is 10.6. The smallest absolute Gasteiger partial charge is 0.315 e. The predicted octanol–water partition coefficient (Wildman–Crippen LogP) is 2.50. The van der Waals surface area contributed by atoms with Crippen molar-refractivity contribution < 1.29 is 13.2 Å². The van der Waals surface area contributed by atoms with Crippen LogP contribution in [0.5, 0.6) is 0 Å². The van der Waals surface area contributed by atoms with E-state index in [2.05, 4.69) is 19.2 Å². The van der Waals surface area contributed by atoms with Gasteiger partial charge in [-0.1, -0.05) is 13.8 Å². The van der Waals surface area contributed by atoms with E-state index in [1.165, 1.54) is 11.9 Å². The Balaban J connectivity index is 3.67. The Kier molecular flexibility index (Phi) is 6.99. The molecule has 16 heavy (non-hydrogen) atoms. The van der Waals surface area contributed by atoms with E-state index < -0.39 is 12.7 Å². The highest BCUT2D eigenvalue weighted by Crippen LogP contribution is 2.16. The largest absolute Gasteiger partial charge is 0.401 e. The van der Waals surface area contributed by atoms with E-state index in [1.54, 1.807) is 6.92 Å². The predicted molar refractivity (Wildman–Crippen MR) is 60.5 cm³/mol. The first-order valence-corrected chi connectivity index (χ1v) is 5.70. The first-order valence-electron chi connectivity index (χ1n) is 5.70. The van der Waals surface area contributed by atoms with Gasteiger partial charge in [0.05, 0.1) is 6.54 Å². The molecule has 0 aliphatic carbocycles. The van der Waals surface area contributed by atoms with E-state index in [-0.39, 0.29) is 6.04 Å². The van der Waals surface area contributed by atoms with Gasteiger partial charge in [0.15, 0.2) is 0 Å². The molecule has 0 fully saturated rings. The maximum atomic E-state index is 12.1. The fourth-order valence-electron chi connectivity index (χ4n) is 1.30. The molecule has 0 aromatic rings. The number of rotatable bonds is 7. The van der Waals surface area contributed by atoms with Crippen molar-refractivity contribution in [2.75, 3.05) is 26.7 Å². The van der Waals surface area contributed by atoms with Gasteiger partial charge in [-0.2, -0.15) is 13.2 Å². The molecule has 0 aromatic heterocycles. The van der Waals surface area contributed by atoms with Crippen LogP contribution in [-0.4, -0.2) is 43.8 Å². The highest BCUT2D eigenvalue weighted by molar-refractivity contribution is 4.69. The molecule has 0 aliphatic rings. The third-order valence-electron chi connectivity index (χ3n) is 2.52. The molecular weight excluding hydrogens is 217 g/mol. The molecule has 0 rings (SSSR count). The molecule has 5 heteroatoms. The summed E-state index contributed by atoms with van der Waals surface area (Å²) in [6.07, 6.45) is -3.06. The van der Waals surface area contributed by atoms with Gasteiger partial charge in [-0.3, -0.25) is 4.90 Å². The molecule has 0 bridgehead atoms. The number of halogens is 3. The van der Waals surface area contributed by atoms with Crippen molar-refractivity contribution in [1.29, 1.82) is 0 Å². The van der Waals surface area contributed by atoms with Gasteiger partial charge in [0.25, 0.3) is 0 Å². The van der Waals surface area contributed by atoms with Gasteiger partial charge in [0.2, 0.25) is 0 Å². The van der Waals surface area contributed by atoms with E-state index in [9.17, 15) is 13.2 Å². The van der Waals surface area contributed by atoms with E-state index in [0.29, 0.717) is 12.5 Å². The molecular formula is C11H23F3N2. The summed E-state index contributed by atoms with van der Waals surface area (Å²) in [5.41, 5.74) is 0. The molecule has 0 aliphatic heterocycles. The molecule has 0 aromatic carbocycles. The second kappa shape index (κ2) is 7.12. The zero-order valence-corrected chi connectivity index (χ0v) is 10.6. The van der Waals surface area contributed by atoms with Crippen LogP contribution in [0.4, 0.5) is 13.2 Å². The summed E-state index contributed by atoms with van der Waals surface area (Å²) in [6.45, 7) is 6.66. The van der Waals surface area contributed by atoms with Crippen LogP contribution in [0.25, 0.3) is 0 Å². The van der Waals surface area contributed by atoms with Gasteiger partial charge in [-0.15, -0.1) is 0 Å². The molecule has 98 valence electrons. The van der Waals surface area contributed by atoms with Crippen LogP contribution in [0, 0.1) is 5.92 Å². The summed E-state index contributed by atoms with van der Waals surface area (Å²) in [6, 6.07) is -0.103. The highest BCUT2D eigenvalue weighted by Gasteiger charge is 2.30. The van der Waals surface area contributed by atoms with Crippen molar-refractivity contribution >= 4 is 0 Å². The molecule has 2 nitrogen and oxygen atoms in total. The number of likely N-dealkylation sites (N-methyl/N-ethyl adjacent to an activating group) is 1. The van der Waals surface area contributed by atoms with E-state index >= 15 is 0 Å². The molecule has 0 radical (unpaired) electrons. The SMILES string of the molecule is CC(C)CCNCC(C)N(C)CC(F)(F)F. The Labute approximate surface area is 96.2 Å². The van der Waals surface area contributed by atoms with E-state index in [0.717, 1.165) is 13.0 Å². The summed E-state index contributed by atoms with van der Waals surface area (Å²) < 4.78 is 36.3. The Bertz CT molecular complexity index is 181. The number of hydrogen-bond acceptors (Lipinski definition) is 2. The molecule has 0 spiro atoms. The summed E-state index contributed by atoms with van der Waals surface area (Å²) in [5, 5.41) is 3.17. The molecule has 0 heterocycles. The van der Waals surface area contributed by atoms with Gasteiger partial charge in [-0.05, 0) is 32.9 Å². The fourth-order valence-corrected chi connectivity index (χ4v) is 1.30. The number of hydrogen-bond donors (Lipinski definition) is 1. The first-order chi connectivity index (χ1) is 7.22. The van der Waals surface area contributed by atoms with Crippen molar-refractivity contribution in [3.8, 4) is 0 Å². The Morgan fingerprint density at radius 1 is 1.19 bits per heavy atom. The van der Waals surface area contributed by atoms with Crippen molar-refractivity contribution in [1.82, 2.24) is 10.2 Å². The molecule has 1 N–H and O–H groups in total. The highest BCUT2D eigenvalue weighted by atomic mass is 19.4. The quantitative estimate of drug-likeness (QED) is 0.688. The van der Waals surface area contributed by atoms with Crippen molar-refractivity contribution in [2.45, 2.75) is 39.4 Å². The van der Waals surface area contributed by atoms with Crippen LogP contribution in [0.3, 0.4) is 0 Å². The van der Waals surface area contributed by atoms with Gasteiger partial charge < -0.3 is 5.32 Å². The molecule has 1 atom stereocenters. The van der Waals surface area contributed by atoms with Crippen LogP contribution >= 0.6 is 0 Å². The maximum absolute atomic E-state index is 12.1. The van der Waals surface area contributed by atoms with Crippen LogP contribution in [0.1, 0.15) is 27.2 Å². The molecule has 1 unspecified atom stereocenters. The minimum atomic E-state index is -4.11. The van der Waals surface area contributed by atoms with Gasteiger partial charge >= 0.3 is 6.18 Å². The van der Waals surface area contributed by atoms with Gasteiger partial charge in [0, 0.05) is 12.6 Å². The Hall–Kier alpha value is -0.290. The van der Waals surface area contributed by atoms with Crippen molar-refractivity contribution in [3.05, 3.63) is 0 Å². The number of nitrogens with one attached hydrogen (secondary N) is 1. The lowest BCUT2D eigenvalue weighted by molar-refractivity contribution is -0.146.